The van der Waals surface area contributed by atoms with E-state index in [2.05, 4.69) is 15.5 Å². The first-order valence-electron chi connectivity index (χ1n) is 13.6. The Kier molecular flexibility index (Phi) is 10.2. The average Bonchev–Trinajstić information content (AvgIpc) is 3.45. The number of aliphatic hydroxyl groups is 1. The molecule has 3 aliphatic heterocycles. The monoisotopic (exact) mass is 599 g/mol. The number of likely N-dealkylation sites (tertiary alicyclic amines) is 1. The molecule has 9 nitrogen and oxygen atoms in total. The molecule has 0 spiro atoms. The van der Waals surface area contributed by atoms with Crippen molar-refractivity contribution in [1.82, 2.24) is 15.5 Å². The Morgan fingerprint density at radius 2 is 1.97 bits per heavy atom. The largest absolute Gasteiger partial charge is 0.445 e. The van der Waals surface area contributed by atoms with Crippen LogP contribution in [-0.4, -0.2) is 102 Å². The van der Waals surface area contributed by atoms with Crippen LogP contribution in [0.2, 0.25) is 0 Å². The molecule has 0 radical (unpaired) electrons. The summed E-state index contributed by atoms with van der Waals surface area (Å²) in [6.07, 6.45) is -0.268. The Morgan fingerprint density at radius 3 is 2.64 bits per heavy atom. The Morgan fingerprint density at radius 1 is 1.23 bits per heavy atom. The smallest absolute Gasteiger partial charge is 0.407 e. The molecule has 2 amide bonds. The number of carbonyl (C=O) groups excluding carboxylic acids is 2. The van der Waals surface area contributed by atoms with Gasteiger partial charge in [0.25, 0.3) is 0 Å². The molecule has 3 fully saturated rings. The Bertz CT molecular complexity index is 1100. The summed E-state index contributed by atoms with van der Waals surface area (Å²) in [5.74, 6) is 1.74. The zero-order chi connectivity index (χ0) is 28.2. The molecule has 12 heteroatoms. The molecule has 6 atom stereocenters. The number of hydrogen-bond donors (Lipinski definition) is 3. The highest BCUT2D eigenvalue weighted by molar-refractivity contribution is 8.00. The van der Waals surface area contributed by atoms with Gasteiger partial charge in [0.15, 0.2) is 9.84 Å². The highest BCUT2D eigenvalue weighted by Gasteiger charge is 2.43. The average molecular weight is 600 g/mol. The van der Waals surface area contributed by atoms with E-state index in [0.717, 1.165) is 30.0 Å². The second-order valence-corrected chi connectivity index (χ2v) is 16.4. The van der Waals surface area contributed by atoms with Crippen LogP contribution in [0.5, 0.6) is 0 Å². The summed E-state index contributed by atoms with van der Waals surface area (Å²) < 4.78 is 29.0. The van der Waals surface area contributed by atoms with Crippen molar-refractivity contribution in [3.05, 3.63) is 30.3 Å². The van der Waals surface area contributed by atoms with Gasteiger partial charge in [0.1, 0.15) is 6.10 Å². The van der Waals surface area contributed by atoms with Gasteiger partial charge in [-0.3, -0.25) is 9.69 Å². The number of thioether (sulfide) groups is 2. The molecule has 0 unspecified atom stereocenters. The number of carbonyl (C=O) groups is 2. The van der Waals surface area contributed by atoms with Crippen LogP contribution in [0.4, 0.5) is 4.79 Å². The predicted molar refractivity (Wildman–Crippen MR) is 156 cm³/mol. The van der Waals surface area contributed by atoms with Gasteiger partial charge in [0.2, 0.25) is 5.91 Å². The summed E-state index contributed by atoms with van der Waals surface area (Å²) >= 11 is 3.44. The number of β-amino-alcohol motifs (C(OH)–C–C–N with tert-alkyl or cyclic N) is 1. The fourth-order valence-corrected chi connectivity index (χ4v) is 9.57. The highest BCUT2D eigenvalue weighted by Crippen LogP contribution is 2.40. The number of nitrogens with one attached hydrogen (secondary N) is 2. The van der Waals surface area contributed by atoms with Gasteiger partial charge >= 0.3 is 6.09 Å². The van der Waals surface area contributed by atoms with Crippen LogP contribution in [0, 0.1) is 5.92 Å². The van der Waals surface area contributed by atoms with Gasteiger partial charge in [-0.25, -0.2) is 13.2 Å². The van der Waals surface area contributed by atoms with Crippen molar-refractivity contribution in [1.29, 1.82) is 0 Å². The maximum Gasteiger partial charge on any atom is 0.407 e. The molecular weight excluding hydrogens is 559 g/mol. The topological polar surface area (TPSA) is 125 Å². The molecule has 3 N–H and O–H groups in total. The summed E-state index contributed by atoms with van der Waals surface area (Å²) in [6.45, 7) is 6.83. The van der Waals surface area contributed by atoms with Crippen LogP contribution in [0.15, 0.2) is 35.2 Å². The normalized spacial score (nSPS) is 28.3. The van der Waals surface area contributed by atoms with E-state index >= 15 is 0 Å². The van der Waals surface area contributed by atoms with Gasteiger partial charge in [-0.15, -0.1) is 11.8 Å². The number of aliphatic hydroxyl groups excluding tert-OH is 1. The Labute approximate surface area is 240 Å². The van der Waals surface area contributed by atoms with Crippen molar-refractivity contribution >= 4 is 45.4 Å². The molecule has 3 heterocycles. The first kappa shape index (κ1) is 30.5. The summed E-state index contributed by atoms with van der Waals surface area (Å²) in [6, 6.07) is 8.69. The second kappa shape index (κ2) is 13.0. The van der Waals surface area contributed by atoms with Crippen molar-refractivity contribution in [2.75, 3.05) is 36.1 Å². The van der Waals surface area contributed by atoms with Crippen molar-refractivity contribution in [2.24, 2.45) is 5.92 Å². The number of piperidine rings is 1. The molecule has 0 aromatic heterocycles. The van der Waals surface area contributed by atoms with E-state index in [9.17, 15) is 23.1 Å². The number of fused-ring (bicyclic) bond motifs is 1. The lowest BCUT2D eigenvalue weighted by Crippen LogP contribution is -2.60. The zero-order valence-corrected chi connectivity index (χ0v) is 25.3. The molecule has 39 heavy (non-hydrogen) atoms. The van der Waals surface area contributed by atoms with Gasteiger partial charge in [-0.2, -0.15) is 11.8 Å². The van der Waals surface area contributed by atoms with E-state index in [0.29, 0.717) is 16.9 Å². The van der Waals surface area contributed by atoms with E-state index in [1.165, 1.54) is 11.8 Å². The minimum absolute atomic E-state index is 0.00822. The van der Waals surface area contributed by atoms with Crippen LogP contribution in [-0.2, 0) is 19.4 Å². The van der Waals surface area contributed by atoms with Crippen molar-refractivity contribution in [3.63, 3.8) is 0 Å². The fraction of sp³-hybridized carbons (Fsp3) is 0.704. The molecule has 0 saturated carbocycles. The molecular formula is C27H41N3O6S3. The minimum atomic E-state index is -3.19. The van der Waals surface area contributed by atoms with Gasteiger partial charge < -0.3 is 20.5 Å². The van der Waals surface area contributed by atoms with E-state index in [1.54, 1.807) is 0 Å². The lowest BCUT2D eigenvalue weighted by atomic mass is 9.89. The third-order valence-electron chi connectivity index (χ3n) is 7.34. The first-order valence-corrected chi connectivity index (χ1v) is 17.5. The summed E-state index contributed by atoms with van der Waals surface area (Å²) in [5, 5.41) is 17.8. The zero-order valence-electron chi connectivity index (χ0n) is 22.9. The number of rotatable bonds is 9. The van der Waals surface area contributed by atoms with Gasteiger partial charge in [0, 0.05) is 34.5 Å². The molecule has 218 valence electrons. The van der Waals surface area contributed by atoms with Gasteiger partial charge in [-0.1, -0.05) is 18.2 Å². The number of hydrogen-bond acceptors (Lipinski definition) is 9. The second-order valence-electron chi connectivity index (χ2n) is 11.8. The molecule has 1 aromatic carbocycles. The number of nitrogens with zero attached hydrogens (tertiary/aromatic N) is 1. The maximum atomic E-state index is 13.3. The van der Waals surface area contributed by atoms with Crippen molar-refractivity contribution in [2.45, 2.75) is 80.0 Å². The minimum Gasteiger partial charge on any atom is -0.445 e. The van der Waals surface area contributed by atoms with E-state index in [-0.39, 0.29) is 42.0 Å². The molecule has 0 bridgehead atoms. The Balaban J connectivity index is 1.45. The molecule has 3 saturated heterocycles. The molecule has 3 aliphatic rings. The standard InChI is InChI=1S/C27H41N3O6S3/c1-27(2,3)29-25(32)22-13-24-18(9-11-37-24)14-30(22)15-23(31)21(16-38-20-7-5-4-6-8-20)28-26(33)36-19-10-12-39(34,35)17-19/h4-8,18-19,21-24,31H,9-17H2,1-3H3,(H,28,33)(H,29,32)/t18-,19-,21+,22+,23-,24+/m1/s1. The lowest BCUT2D eigenvalue weighted by molar-refractivity contribution is -0.130. The number of alkyl carbamates (subject to hydrolysis) is 1. The SMILES string of the molecule is CC(C)(C)NC(=O)[C@@H]1C[C@@H]2SCC[C@@H]2CN1C[C@@H](O)[C@H](CSc1ccccc1)NC(=O)O[C@@H]1CCS(=O)(=O)C1. The van der Waals surface area contributed by atoms with Crippen molar-refractivity contribution in [3.8, 4) is 0 Å². The molecule has 4 rings (SSSR count). The fourth-order valence-electron chi connectivity index (χ4n) is 5.40. The maximum absolute atomic E-state index is 13.3. The van der Waals surface area contributed by atoms with Crippen LogP contribution in [0.1, 0.15) is 40.0 Å². The number of benzene rings is 1. The van der Waals surface area contributed by atoms with Gasteiger partial charge in [-0.05, 0) is 63.8 Å². The predicted octanol–water partition coefficient (Wildman–Crippen LogP) is 2.53. The van der Waals surface area contributed by atoms with Crippen molar-refractivity contribution < 1.29 is 27.9 Å². The summed E-state index contributed by atoms with van der Waals surface area (Å²) in [4.78, 5) is 29.2. The van der Waals surface area contributed by atoms with E-state index in [1.807, 2.05) is 62.9 Å². The lowest BCUT2D eigenvalue weighted by Gasteiger charge is -2.43. The van der Waals surface area contributed by atoms with E-state index in [4.69, 9.17) is 4.74 Å². The van der Waals surface area contributed by atoms with Crippen LogP contribution >= 0.6 is 23.5 Å². The third kappa shape index (κ3) is 9.01. The number of sulfone groups is 1. The van der Waals surface area contributed by atoms with Gasteiger partial charge in [0.05, 0.1) is 29.7 Å². The highest BCUT2D eigenvalue weighted by atomic mass is 32.2. The molecule has 1 aromatic rings. The molecule has 0 aliphatic carbocycles. The summed E-state index contributed by atoms with van der Waals surface area (Å²) in [5.41, 5.74) is -0.366. The Hall–Kier alpha value is -1.47. The quantitative estimate of drug-likeness (QED) is 0.367. The van der Waals surface area contributed by atoms with E-state index < -0.39 is 34.2 Å². The first-order chi connectivity index (χ1) is 18.4. The third-order valence-corrected chi connectivity index (χ3v) is 11.7. The number of amides is 2. The number of ether oxygens (including phenoxy) is 1. The van der Waals surface area contributed by atoms with Crippen LogP contribution in [0.25, 0.3) is 0 Å². The van der Waals surface area contributed by atoms with Crippen LogP contribution < -0.4 is 10.6 Å². The summed E-state index contributed by atoms with van der Waals surface area (Å²) in [7, 11) is -3.19. The van der Waals surface area contributed by atoms with Crippen LogP contribution in [0.3, 0.4) is 0 Å².